The van der Waals surface area contributed by atoms with Gasteiger partial charge in [0.05, 0.1) is 15.6 Å². The Hall–Kier alpha value is -3.03. The Morgan fingerprint density at radius 2 is 1.72 bits per heavy atom. The van der Waals surface area contributed by atoms with Crippen LogP contribution >= 0.6 is 22.9 Å². The Morgan fingerprint density at radius 3 is 2.50 bits per heavy atom. The van der Waals surface area contributed by atoms with Crippen LogP contribution in [-0.2, 0) is 0 Å². The minimum atomic E-state index is -0.560. The first-order chi connectivity index (χ1) is 15.5. The average Bonchev–Trinajstić information content (AvgIpc) is 3.43. The van der Waals surface area contributed by atoms with E-state index in [1.54, 1.807) is 42.5 Å². The normalized spacial score (nSPS) is 16.0. The highest BCUT2D eigenvalue weighted by Crippen LogP contribution is 2.46. The first-order valence-corrected chi connectivity index (χ1v) is 11.7. The summed E-state index contributed by atoms with van der Waals surface area (Å²) >= 11 is 7.56. The highest BCUT2D eigenvalue weighted by Gasteiger charge is 2.42. The lowest BCUT2D eigenvalue weighted by Gasteiger charge is -2.31. The van der Waals surface area contributed by atoms with Crippen LogP contribution in [0.5, 0.6) is 11.5 Å². The van der Waals surface area contributed by atoms with Crippen LogP contribution in [0.3, 0.4) is 0 Å². The van der Waals surface area contributed by atoms with Gasteiger partial charge in [-0.15, -0.1) is 11.3 Å². The van der Waals surface area contributed by atoms with Gasteiger partial charge in [-0.3, -0.25) is 9.59 Å². The molecule has 2 amide bonds. The summed E-state index contributed by atoms with van der Waals surface area (Å²) in [4.78, 5) is 25.8. The van der Waals surface area contributed by atoms with E-state index in [4.69, 9.17) is 21.1 Å². The highest BCUT2D eigenvalue weighted by molar-refractivity contribution is 7.12. The van der Waals surface area contributed by atoms with Crippen LogP contribution in [-0.4, -0.2) is 17.6 Å². The van der Waals surface area contributed by atoms with Crippen LogP contribution < -0.4 is 20.1 Å². The molecule has 3 aromatic rings. The third kappa shape index (κ3) is 4.18. The largest absolute Gasteiger partial charge is 0.448 e. The fourth-order valence-corrected chi connectivity index (χ4v) is 4.81. The number of hydrogen-bond acceptors (Lipinski definition) is 5. The zero-order valence-corrected chi connectivity index (χ0v) is 18.7. The quantitative estimate of drug-likeness (QED) is 0.468. The molecule has 1 spiro atoms. The molecule has 2 N–H and O–H groups in total. The summed E-state index contributed by atoms with van der Waals surface area (Å²) in [7, 11) is 0. The SMILES string of the molecule is O=C(Nc1ccc2c(c1)OC1(CCCCC1)O2)c1ccc(Cl)c(NC(=O)c2cccs2)c1. The number of thiophene rings is 1. The fraction of sp³-hybridized carbons (Fsp3) is 0.250. The van der Waals surface area contributed by atoms with E-state index in [1.165, 1.54) is 17.8 Å². The number of rotatable bonds is 4. The lowest BCUT2D eigenvalue weighted by Crippen LogP contribution is -2.40. The second kappa shape index (κ2) is 8.48. The van der Waals surface area contributed by atoms with Crippen molar-refractivity contribution in [3.05, 3.63) is 69.4 Å². The molecule has 8 heteroatoms. The molecule has 1 aliphatic carbocycles. The van der Waals surface area contributed by atoms with Gasteiger partial charge in [-0.2, -0.15) is 0 Å². The summed E-state index contributed by atoms with van der Waals surface area (Å²) in [5.41, 5.74) is 1.35. The molecule has 2 heterocycles. The van der Waals surface area contributed by atoms with E-state index in [0.717, 1.165) is 25.7 Å². The van der Waals surface area contributed by atoms with Gasteiger partial charge in [0.25, 0.3) is 17.6 Å². The molecule has 0 unspecified atom stereocenters. The van der Waals surface area contributed by atoms with Crippen LogP contribution in [0, 0.1) is 0 Å². The molecule has 1 aliphatic heterocycles. The Morgan fingerprint density at radius 1 is 0.906 bits per heavy atom. The second-order valence-electron chi connectivity index (χ2n) is 7.92. The van der Waals surface area contributed by atoms with Crippen LogP contribution in [0.2, 0.25) is 5.02 Å². The number of ether oxygens (including phenoxy) is 2. The van der Waals surface area contributed by atoms with Crippen molar-refractivity contribution in [1.82, 2.24) is 0 Å². The van der Waals surface area contributed by atoms with Gasteiger partial charge in [0, 0.05) is 30.2 Å². The zero-order chi connectivity index (χ0) is 22.1. The smallest absolute Gasteiger partial charge is 0.265 e. The molecule has 5 rings (SSSR count). The number of carbonyl (C=O) groups excluding carboxylic acids is 2. The Kier molecular flexibility index (Phi) is 5.53. The third-order valence-electron chi connectivity index (χ3n) is 5.63. The number of halogens is 1. The average molecular weight is 469 g/mol. The summed E-state index contributed by atoms with van der Waals surface area (Å²) in [6, 6.07) is 13.7. The maximum Gasteiger partial charge on any atom is 0.265 e. The molecule has 1 fully saturated rings. The minimum Gasteiger partial charge on any atom is -0.448 e. The molecule has 0 atom stereocenters. The monoisotopic (exact) mass is 468 g/mol. The Bertz CT molecular complexity index is 1170. The molecule has 2 aliphatic rings. The molecule has 2 aromatic carbocycles. The van der Waals surface area contributed by atoms with Crippen molar-refractivity contribution in [1.29, 1.82) is 0 Å². The van der Waals surface area contributed by atoms with Crippen molar-refractivity contribution < 1.29 is 19.1 Å². The number of fused-ring (bicyclic) bond motifs is 1. The molecule has 0 radical (unpaired) electrons. The third-order valence-corrected chi connectivity index (χ3v) is 6.83. The topological polar surface area (TPSA) is 76.7 Å². The van der Waals surface area contributed by atoms with Gasteiger partial charge in [0.2, 0.25) is 0 Å². The van der Waals surface area contributed by atoms with Crippen LogP contribution in [0.1, 0.15) is 52.1 Å². The lowest BCUT2D eigenvalue weighted by molar-refractivity contribution is -0.105. The molecule has 6 nitrogen and oxygen atoms in total. The number of amides is 2. The van der Waals surface area contributed by atoms with E-state index in [2.05, 4.69) is 10.6 Å². The van der Waals surface area contributed by atoms with Gasteiger partial charge in [0.1, 0.15) is 0 Å². The van der Waals surface area contributed by atoms with Gasteiger partial charge < -0.3 is 20.1 Å². The molecule has 32 heavy (non-hydrogen) atoms. The number of nitrogens with one attached hydrogen (secondary N) is 2. The van der Waals surface area contributed by atoms with Crippen molar-refractivity contribution in [2.75, 3.05) is 10.6 Å². The summed E-state index contributed by atoms with van der Waals surface area (Å²) in [5.74, 6) is 0.195. The van der Waals surface area contributed by atoms with Crippen molar-refractivity contribution >= 4 is 46.1 Å². The summed E-state index contributed by atoms with van der Waals surface area (Å²) in [5, 5.41) is 7.82. The van der Waals surface area contributed by atoms with Crippen LogP contribution in [0.25, 0.3) is 0 Å². The molecule has 164 valence electrons. The fourth-order valence-electron chi connectivity index (χ4n) is 4.02. The van der Waals surface area contributed by atoms with E-state index < -0.39 is 5.79 Å². The summed E-state index contributed by atoms with van der Waals surface area (Å²) in [6.45, 7) is 0. The van der Waals surface area contributed by atoms with Crippen molar-refractivity contribution in [3.63, 3.8) is 0 Å². The first kappa shape index (κ1) is 20.8. The van der Waals surface area contributed by atoms with Crippen LogP contribution in [0.15, 0.2) is 53.9 Å². The van der Waals surface area contributed by atoms with E-state index in [9.17, 15) is 9.59 Å². The van der Waals surface area contributed by atoms with Crippen molar-refractivity contribution in [3.8, 4) is 11.5 Å². The van der Waals surface area contributed by atoms with Crippen molar-refractivity contribution in [2.45, 2.75) is 37.9 Å². The summed E-state index contributed by atoms with van der Waals surface area (Å²) in [6.07, 6.45) is 5.10. The number of benzene rings is 2. The van der Waals surface area contributed by atoms with E-state index in [1.807, 2.05) is 11.4 Å². The molecule has 1 saturated carbocycles. The number of carbonyl (C=O) groups is 2. The van der Waals surface area contributed by atoms with Gasteiger partial charge in [-0.25, -0.2) is 0 Å². The maximum atomic E-state index is 12.9. The predicted molar refractivity (Wildman–Crippen MR) is 125 cm³/mol. The van der Waals surface area contributed by atoms with Gasteiger partial charge >= 0.3 is 0 Å². The molecule has 0 saturated heterocycles. The Balaban J connectivity index is 1.30. The molecular weight excluding hydrogens is 448 g/mol. The maximum absolute atomic E-state index is 12.9. The summed E-state index contributed by atoms with van der Waals surface area (Å²) < 4.78 is 12.2. The zero-order valence-electron chi connectivity index (χ0n) is 17.2. The highest BCUT2D eigenvalue weighted by atomic mass is 35.5. The molecular formula is C24H21ClN2O4S. The standard InChI is InChI=1S/C24H21ClN2O4S/c25-17-8-6-15(13-18(17)27-23(29)21-5-4-12-32-21)22(28)26-16-7-9-19-20(14-16)31-24(30-19)10-2-1-3-11-24/h4-9,12-14H,1-3,10-11H2,(H,26,28)(H,27,29). The van der Waals surface area contributed by atoms with E-state index in [-0.39, 0.29) is 11.8 Å². The number of hydrogen-bond donors (Lipinski definition) is 2. The lowest BCUT2D eigenvalue weighted by atomic mass is 9.94. The Labute approximate surface area is 194 Å². The van der Waals surface area contributed by atoms with Gasteiger partial charge in [0.15, 0.2) is 11.5 Å². The van der Waals surface area contributed by atoms with Gasteiger partial charge in [-0.1, -0.05) is 24.1 Å². The molecule has 1 aromatic heterocycles. The van der Waals surface area contributed by atoms with Crippen molar-refractivity contribution in [2.24, 2.45) is 0 Å². The first-order valence-electron chi connectivity index (χ1n) is 10.5. The second-order valence-corrected chi connectivity index (χ2v) is 9.27. The predicted octanol–water partition coefficient (Wildman–Crippen LogP) is 6.34. The number of anilines is 2. The van der Waals surface area contributed by atoms with E-state index >= 15 is 0 Å². The minimum absolute atomic E-state index is 0.271. The van der Waals surface area contributed by atoms with Gasteiger partial charge in [-0.05, 0) is 54.6 Å². The van der Waals surface area contributed by atoms with Crippen LogP contribution in [0.4, 0.5) is 11.4 Å². The molecule has 0 bridgehead atoms. The van der Waals surface area contributed by atoms with E-state index in [0.29, 0.717) is 38.3 Å².